The van der Waals surface area contributed by atoms with Crippen LogP contribution in [0.3, 0.4) is 0 Å². The number of aromatic nitrogens is 1. The van der Waals surface area contributed by atoms with Crippen LogP contribution in [0.15, 0.2) is 85.1 Å². The highest BCUT2D eigenvalue weighted by Gasteiger charge is 2.10. The van der Waals surface area contributed by atoms with Crippen molar-refractivity contribution in [3.05, 3.63) is 107 Å². The summed E-state index contributed by atoms with van der Waals surface area (Å²) in [4.78, 5) is 12.4. The molecule has 0 N–H and O–H groups in total. The maximum absolute atomic E-state index is 12.4. The molecule has 4 aromatic rings. The summed E-state index contributed by atoms with van der Waals surface area (Å²) < 4.78 is 2.35. The number of Topliss-reactive ketones (excluding diaryl/α,β-unsaturated/α-hetero) is 1. The largest absolute Gasteiger partial charge is 0.343 e. The summed E-state index contributed by atoms with van der Waals surface area (Å²) in [5, 5.41) is 1.31. The quantitative estimate of drug-likeness (QED) is 0.279. The van der Waals surface area contributed by atoms with Gasteiger partial charge in [-0.15, -0.1) is 0 Å². The molecule has 0 atom stereocenters. The van der Waals surface area contributed by atoms with Gasteiger partial charge in [0.2, 0.25) is 0 Å². The number of fused-ring (bicyclic) bond motifs is 1. The van der Waals surface area contributed by atoms with Crippen molar-refractivity contribution in [2.75, 3.05) is 0 Å². The molecule has 0 fully saturated rings. The third-order valence-corrected chi connectivity index (χ3v) is 5.97. The highest BCUT2D eigenvalue weighted by molar-refractivity contribution is 5.84. The molecule has 4 rings (SSSR count). The van der Waals surface area contributed by atoms with E-state index >= 15 is 0 Å². The third kappa shape index (κ3) is 5.73. The Balaban J connectivity index is 1.33. The van der Waals surface area contributed by atoms with E-state index < -0.39 is 0 Å². The molecule has 0 aliphatic heterocycles. The first-order chi connectivity index (χ1) is 15.2. The Bertz CT molecular complexity index is 1140. The van der Waals surface area contributed by atoms with Gasteiger partial charge in [-0.3, -0.25) is 4.79 Å². The molecule has 31 heavy (non-hydrogen) atoms. The lowest BCUT2D eigenvalue weighted by atomic mass is 10.0. The first kappa shape index (κ1) is 21.1. The summed E-state index contributed by atoms with van der Waals surface area (Å²) >= 11 is 0. The van der Waals surface area contributed by atoms with E-state index in [0.29, 0.717) is 18.6 Å². The second kappa shape index (κ2) is 10.3. The minimum absolute atomic E-state index is 0.388. The second-order valence-electron chi connectivity index (χ2n) is 8.52. The molecular formula is C29H31NO. The molecular weight excluding hydrogens is 378 g/mol. The Morgan fingerprint density at radius 1 is 0.774 bits per heavy atom. The number of carbonyl (C=O) groups excluding carboxylic acids is 1. The standard InChI is InChI=1S/C29H31NO/c1-23-10-7-14-25(20-23)21-30-22-26(28-18-5-6-19-29(28)30)15-9-17-27(31)16-8-13-24-11-3-2-4-12-24/h2-7,10-12,14,18-20,22H,8-9,13,15-17,21H2,1H3. The molecule has 0 saturated heterocycles. The zero-order chi connectivity index (χ0) is 21.5. The maximum atomic E-state index is 12.4. The van der Waals surface area contributed by atoms with E-state index in [1.807, 2.05) is 6.07 Å². The van der Waals surface area contributed by atoms with Crippen LogP contribution in [0.25, 0.3) is 10.9 Å². The Morgan fingerprint density at radius 2 is 1.48 bits per heavy atom. The van der Waals surface area contributed by atoms with E-state index in [1.165, 1.54) is 33.2 Å². The smallest absolute Gasteiger partial charge is 0.132 e. The topological polar surface area (TPSA) is 22.0 Å². The van der Waals surface area contributed by atoms with Gasteiger partial charge >= 0.3 is 0 Å². The molecule has 0 radical (unpaired) electrons. The van der Waals surface area contributed by atoms with E-state index in [9.17, 15) is 4.79 Å². The fourth-order valence-corrected chi connectivity index (χ4v) is 4.40. The highest BCUT2D eigenvalue weighted by atomic mass is 16.1. The lowest BCUT2D eigenvalue weighted by molar-refractivity contribution is -0.119. The van der Waals surface area contributed by atoms with Crippen LogP contribution in [0.4, 0.5) is 0 Å². The van der Waals surface area contributed by atoms with Crippen LogP contribution in [-0.4, -0.2) is 10.4 Å². The van der Waals surface area contributed by atoms with Crippen LogP contribution in [0, 0.1) is 6.92 Å². The molecule has 0 bridgehead atoms. The van der Waals surface area contributed by atoms with Crippen LogP contribution in [0.1, 0.15) is 47.9 Å². The second-order valence-corrected chi connectivity index (χ2v) is 8.52. The summed E-state index contributed by atoms with van der Waals surface area (Å²) in [6, 6.07) is 27.8. The van der Waals surface area contributed by atoms with Crippen molar-refractivity contribution in [2.24, 2.45) is 0 Å². The molecule has 3 aromatic carbocycles. The Labute approximate surface area is 185 Å². The number of hydrogen-bond acceptors (Lipinski definition) is 1. The van der Waals surface area contributed by atoms with Gasteiger partial charge < -0.3 is 4.57 Å². The minimum atomic E-state index is 0.388. The number of para-hydroxylation sites is 1. The fraction of sp³-hybridized carbons (Fsp3) is 0.276. The number of rotatable bonds is 10. The van der Waals surface area contributed by atoms with E-state index in [2.05, 4.69) is 90.5 Å². The summed E-state index contributed by atoms with van der Waals surface area (Å²) in [5.74, 6) is 0.388. The van der Waals surface area contributed by atoms with Gasteiger partial charge in [0.25, 0.3) is 0 Å². The zero-order valence-corrected chi connectivity index (χ0v) is 18.4. The first-order valence-electron chi connectivity index (χ1n) is 11.4. The third-order valence-electron chi connectivity index (χ3n) is 5.97. The SMILES string of the molecule is Cc1cccc(Cn2cc(CCCC(=O)CCCc3ccccc3)c3ccccc32)c1. The van der Waals surface area contributed by atoms with Gasteiger partial charge in [-0.25, -0.2) is 0 Å². The van der Waals surface area contributed by atoms with Crippen molar-refractivity contribution in [2.45, 2.75) is 52.0 Å². The van der Waals surface area contributed by atoms with E-state index in [4.69, 9.17) is 0 Å². The van der Waals surface area contributed by atoms with Crippen LogP contribution in [0.2, 0.25) is 0 Å². The molecule has 1 aromatic heterocycles. The average Bonchev–Trinajstić information content (AvgIpc) is 3.12. The molecule has 158 valence electrons. The van der Waals surface area contributed by atoms with Crippen molar-refractivity contribution >= 4 is 16.7 Å². The molecule has 1 heterocycles. The van der Waals surface area contributed by atoms with Gasteiger partial charge in [-0.05, 0) is 55.4 Å². The summed E-state index contributed by atoms with van der Waals surface area (Å²) in [5.41, 5.74) is 6.55. The van der Waals surface area contributed by atoms with Crippen molar-refractivity contribution in [3.8, 4) is 0 Å². The Morgan fingerprint density at radius 3 is 2.29 bits per heavy atom. The number of hydrogen-bond donors (Lipinski definition) is 0. The number of nitrogens with zero attached hydrogens (tertiary/aromatic N) is 1. The van der Waals surface area contributed by atoms with Crippen molar-refractivity contribution in [3.63, 3.8) is 0 Å². The van der Waals surface area contributed by atoms with E-state index in [-0.39, 0.29) is 0 Å². The number of carbonyl (C=O) groups is 1. The van der Waals surface area contributed by atoms with Gasteiger partial charge in [0.05, 0.1) is 0 Å². The molecule has 2 heteroatoms. The molecule has 0 unspecified atom stereocenters. The Kier molecular flexibility index (Phi) is 6.99. The summed E-state index contributed by atoms with van der Waals surface area (Å²) in [7, 11) is 0. The van der Waals surface area contributed by atoms with Crippen molar-refractivity contribution in [1.29, 1.82) is 0 Å². The molecule has 2 nitrogen and oxygen atoms in total. The molecule has 0 aliphatic rings. The average molecular weight is 410 g/mol. The van der Waals surface area contributed by atoms with Gasteiger partial charge in [-0.1, -0.05) is 78.4 Å². The van der Waals surface area contributed by atoms with Crippen molar-refractivity contribution in [1.82, 2.24) is 4.57 Å². The van der Waals surface area contributed by atoms with Gasteiger partial charge in [0.1, 0.15) is 5.78 Å². The number of benzene rings is 3. The zero-order valence-electron chi connectivity index (χ0n) is 18.4. The van der Waals surface area contributed by atoms with Crippen LogP contribution >= 0.6 is 0 Å². The van der Waals surface area contributed by atoms with E-state index in [1.54, 1.807) is 0 Å². The van der Waals surface area contributed by atoms with Gasteiger partial charge in [-0.2, -0.15) is 0 Å². The predicted molar refractivity (Wildman–Crippen MR) is 130 cm³/mol. The van der Waals surface area contributed by atoms with Gasteiger partial charge in [0.15, 0.2) is 0 Å². The fourth-order valence-electron chi connectivity index (χ4n) is 4.40. The molecule has 0 saturated carbocycles. The maximum Gasteiger partial charge on any atom is 0.132 e. The Hall–Kier alpha value is -3.13. The summed E-state index contributed by atoms with van der Waals surface area (Å²) in [6.45, 7) is 3.01. The van der Waals surface area contributed by atoms with Crippen LogP contribution in [0.5, 0.6) is 0 Å². The normalized spacial score (nSPS) is 11.1. The van der Waals surface area contributed by atoms with E-state index in [0.717, 1.165) is 32.2 Å². The molecule has 0 amide bonds. The number of ketones is 1. The monoisotopic (exact) mass is 409 g/mol. The lowest BCUT2D eigenvalue weighted by Crippen LogP contribution is -2.00. The summed E-state index contributed by atoms with van der Waals surface area (Å²) in [6.07, 6.45) is 7.44. The van der Waals surface area contributed by atoms with Crippen LogP contribution < -0.4 is 0 Å². The predicted octanol–water partition coefficient (Wildman–Crippen LogP) is 6.91. The lowest BCUT2D eigenvalue weighted by Gasteiger charge is -2.06. The van der Waals surface area contributed by atoms with Crippen LogP contribution in [-0.2, 0) is 24.2 Å². The highest BCUT2D eigenvalue weighted by Crippen LogP contribution is 2.24. The first-order valence-corrected chi connectivity index (χ1v) is 11.4. The van der Waals surface area contributed by atoms with Crippen molar-refractivity contribution < 1.29 is 4.79 Å². The minimum Gasteiger partial charge on any atom is -0.343 e. The molecule has 0 aliphatic carbocycles. The molecule has 0 spiro atoms. The number of aryl methyl sites for hydroxylation is 3. The van der Waals surface area contributed by atoms with Gasteiger partial charge in [0, 0.05) is 36.5 Å².